The number of amides is 1. The van der Waals surface area contributed by atoms with Crippen molar-refractivity contribution in [3.8, 4) is 17.2 Å². The summed E-state index contributed by atoms with van der Waals surface area (Å²) in [6, 6.07) is 8.47. The first kappa shape index (κ1) is 25.4. The molecular formula is C25H29ClN2O6. The molecule has 1 aliphatic rings. The van der Waals surface area contributed by atoms with Gasteiger partial charge in [-0.05, 0) is 63.8 Å². The van der Waals surface area contributed by atoms with E-state index in [2.05, 4.69) is 0 Å². The van der Waals surface area contributed by atoms with Crippen LogP contribution in [-0.2, 0) is 9.59 Å². The lowest BCUT2D eigenvalue weighted by atomic mass is 9.95. The van der Waals surface area contributed by atoms with Crippen LogP contribution in [0.4, 0.5) is 0 Å². The molecule has 9 heteroatoms. The zero-order chi connectivity index (χ0) is 25.0. The largest absolute Gasteiger partial charge is 0.507 e. The Morgan fingerprint density at radius 2 is 1.79 bits per heavy atom. The first-order chi connectivity index (χ1) is 16.2. The maximum Gasteiger partial charge on any atom is 0.295 e. The van der Waals surface area contributed by atoms with Gasteiger partial charge in [-0.3, -0.25) is 9.59 Å². The van der Waals surface area contributed by atoms with Crippen molar-refractivity contribution in [2.75, 3.05) is 40.4 Å². The Morgan fingerprint density at radius 3 is 2.44 bits per heavy atom. The Hall–Kier alpha value is -3.23. The number of aliphatic hydroxyl groups excluding tert-OH is 1. The van der Waals surface area contributed by atoms with Crippen molar-refractivity contribution >= 4 is 29.1 Å². The number of nitrogens with zero attached hydrogens (tertiary/aromatic N) is 2. The number of ether oxygens (including phenoxy) is 2. The van der Waals surface area contributed by atoms with Gasteiger partial charge >= 0.3 is 0 Å². The number of Topliss-reactive ketones (excluding diaryl/α,β-unsaturated/α-hetero) is 1. The van der Waals surface area contributed by atoms with Crippen molar-refractivity contribution in [2.24, 2.45) is 0 Å². The van der Waals surface area contributed by atoms with Crippen LogP contribution in [0.5, 0.6) is 17.2 Å². The van der Waals surface area contributed by atoms with Gasteiger partial charge in [0.05, 0.1) is 29.9 Å². The van der Waals surface area contributed by atoms with Crippen LogP contribution < -0.4 is 9.47 Å². The molecule has 1 saturated heterocycles. The smallest absolute Gasteiger partial charge is 0.295 e. The molecule has 1 atom stereocenters. The van der Waals surface area contributed by atoms with Crippen molar-refractivity contribution in [3.05, 3.63) is 58.1 Å². The molecule has 1 amide bonds. The predicted octanol–water partition coefficient (Wildman–Crippen LogP) is 3.83. The number of carbonyl (C=O) groups is 2. The molecule has 34 heavy (non-hydrogen) atoms. The number of aliphatic hydroxyl groups is 1. The van der Waals surface area contributed by atoms with Gasteiger partial charge < -0.3 is 29.5 Å². The maximum atomic E-state index is 13.2. The molecule has 3 rings (SSSR count). The lowest BCUT2D eigenvalue weighted by Gasteiger charge is -2.27. The highest BCUT2D eigenvalue weighted by molar-refractivity contribution is 6.47. The lowest BCUT2D eigenvalue weighted by molar-refractivity contribution is -0.140. The number of phenols is 1. The van der Waals surface area contributed by atoms with E-state index in [-0.39, 0.29) is 34.2 Å². The summed E-state index contributed by atoms with van der Waals surface area (Å²) >= 11 is 6.35. The number of phenolic OH excluding ortho intramolecular Hbond substituents is 1. The number of aromatic hydroxyl groups is 1. The monoisotopic (exact) mass is 488 g/mol. The van der Waals surface area contributed by atoms with Crippen molar-refractivity contribution in [1.29, 1.82) is 0 Å². The van der Waals surface area contributed by atoms with Gasteiger partial charge in [-0.15, -0.1) is 0 Å². The van der Waals surface area contributed by atoms with Gasteiger partial charge in [-0.1, -0.05) is 17.7 Å². The van der Waals surface area contributed by atoms with Gasteiger partial charge in [0, 0.05) is 18.7 Å². The summed E-state index contributed by atoms with van der Waals surface area (Å²) in [4.78, 5) is 29.5. The van der Waals surface area contributed by atoms with Crippen LogP contribution in [0.1, 0.15) is 31.0 Å². The molecule has 1 unspecified atom stereocenters. The molecule has 0 aliphatic carbocycles. The van der Waals surface area contributed by atoms with Crippen molar-refractivity contribution in [2.45, 2.75) is 19.9 Å². The SMILES string of the molecule is CCOc1ccc(Cl)c(/C(O)=C2\C(=O)C(=O)N(CCN(C)C)C2c2ccc(O)c(OCC)c2)c1. The van der Waals surface area contributed by atoms with Gasteiger partial charge in [-0.2, -0.15) is 0 Å². The number of hydrogen-bond acceptors (Lipinski definition) is 7. The quantitative estimate of drug-likeness (QED) is 0.314. The third kappa shape index (κ3) is 5.13. The van der Waals surface area contributed by atoms with Crippen LogP contribution in [0.3, 0.4) is 0 Å². The Kier molecular flexibility index (Phi) is 8.06. The predicted molar refractivity (Wildman–Crippen MR) is 129 cm³/mol. The summed E-state index contributed by atoms with van der Waals surface area (Å²) in [6.45, 7) is 5.08. The van der Waals surface area contributed by atoms with Gasteiger partial charge in [0.25, 0.3) is 11.7 Å². The van der Waals surface area contributed by atoms with Gasteiger partial charge in [0.1, 0.15) is 11.5 Å². The fraction of sp³-hybridized carbons (Fsp3) is 0.360. The molecule has 2 aromatic carbocycles. The van der Waals surface area contributed by atoms with Gasteiger partial charge in [0.15, 0.2) is 11.5 Å². The first-order valence-corrected chi connectivity index (χ1v) is 11.4. The van der Waals surface area contributed by atoms with E-state index in [1.807, 2.05) is 25.9 Å². The summed E-state index contributed by atoms with van der Waals surface area (Å²) in [7, 11) is 3.72. The third-order valence-corrected chi connectivity index (χ3v) is 5.76. The van der Waals surface area contributed by atoms with E-state index in [1.54, 1.807) is 31.2 Å². The molecule has 0 bridgehead atoms. The topological polar surface area (TPSA) is 99.5 Å². The van der Waals surface area contributed by atoms with Crippen molar-refractivity contribution < 1.29 is 29.3 Å². The average molecular weight is 489 g/mol. The highest BCUT2D eigenvalue weighted by Crippen LogP contribution is 2.43. The molecule has 182 valence electrons. The zero-order valence-electron chi connectivity index (χ0n) is 19.7. The van der Waals surface area contributed by atoms with Crippen LogP contribution in [-0.4, -0.2) is 72.1 Å². The molecule has 0 radical (unpaired) electrons. The third-order valence-electron chi connectivity index (χ3n) is 5.43. The zero-order valence-corrected chi connectivity index (χ0v) is 20.4. The summed E-state index contributed by atoms with van der Waals surface area (Å²) in [5.41, 5.74) is 0.609. The van der Waals surface area contributed by atoms with E-state index in [0.29, 0.717) is 31.1 Å². The van der Waals surface area contributed by atoms with Gasteiger partial charge in [0.2, 0.25) is 0 Å². The van der Waals surface area contributed by atoms with E-state index in [0.717, 1.165) is 0 Å². The normalized spacial score (nSPS) is 17.5. The molecule has 0 aromatic heterocycles. The first-order valence-electron chi connectivity index (χ1n) is 11.0. The molecule has 1 aliphatic heterocycles. The fourth-order valence-electron chi connectivity index (χ4n) is 3.82. The summed E-state index contributed by atoms with van der Waals surface area (Å²) < 4.78 is 11.0. The Bertz CT molecular complexity index is 1110. The minimum Gasteiger partial charge on any atom is -0.507 e. The standard InChI is InChI=1S/C25H29ClN2O6/c1-5-33-16-8-9-18(26)17(14-16)23(30)21-22(15-7-10-19(29)20(13-15)34-6-2)28(12-11-27(3)4)25(32)24(21)31/h7-10,13-14,22,29-30H,5-6,11-12H2,1-4H3/b23-21+. The molecule has 2 aromatic rings. The van der Waals surface area contributed by atoms with Crippen LogP contribution in [0.25, 0.3) is 5.76 Å². The highest BCUT2D eigenvalue weighted by Gasteiger charge is 2.46. The van der Waals surface area contributed by atoms with E-state index >= 15 is 0 Å². The Morgan fingerprint density at radius 1 is 1.09 bits per heavy atom. The minimum absolute atomic E-state index is 0.0664. The number of likely N-dealkylation sites (tertiary alicyclic amines) is 1. The van der Waals surface area contributed by atoms with Crippen LogP contribution in [0, 0.1) is 0 Å². The number of rotatable bonds is 9. The van der Waals surface area contributed by atoms with Crippen LogP contribution in [0.2, 0.25) is 5.02 Å². The second-order valence-corrected chi connectivity index (χ2v) is 8.44. The Labute approximate surface area is 203 Å². The summed E-state index contributed by atoms with van der Waals surface area (Å²) in [6.07, 6.45) is 0. The molecule has 8 nitrogen and oxygen atoms in total. The van der Waals surface area contributed by atoms with E-state index in [1.165, 1.54) is 17.0 Å². The number of halogens is 1. The minimum atomic E-state index is -0.897. The number of hydrogen-bond donors (Lipinski definition) is 2. The Balaban J connectivity index is 2.21. The molecule has 0 saturated carbocycles. The van der Waals surface area contributed by atoms with Gasteiger partial charge in [-0.25, -0.2) is 0 Å². The molecule has 1 heterocycles. The maximum absolute atomic E-state index is 13.2. The molecule has 2 N–H and O–H groups in total. The molecular weight excluding hydrogens is 460 g/mol. The lowest BCUT2D eigenvalue weighted by Crippen LogP contribution is -2.35. The number of benzene rings is 2. The number of carbonyl (C=O) groups excluding carboxylic acids is 2. The van der Waals surface area contributed by atoms with Crippen molar-refractivity contribution in [1.82, 2.24) is 9.80 Å². The number of likely N-dealkylation sites (N-methyl/N-ethyl adjacent to an activating group) is 1. The summed E-state index contributed by atoms with van der Waals surface area (Å²) in [5.74, 6) is -1.32. The van der Waals surface area contributed by atoms with E-state index in [9.17, 15) is 19.8 Å². The number of ketones is 1. The average Bonchev–Trinajstić information content (AvgIpc) is 3.05. The van der Waals surface area contributed by atoms with Crippen LogP contribution >= 0.6 is 11.6 Å². The van der Waals surface area contributed by atoms with Crippen molar-refractivity contribution in [3.63, 3.8) is 0 Å². The van der Waals surface area contributed by atoms with E-state index < -0.39 is 23.5 Å². The molecule has 1 fully saturated rings. The fourth-order valence-corrected chi connectivity index (χ4v) is 4.03. The van der Waals surface area contributed by atoms with E-state index in [4.69, 9.17) is 21.1 Å². The second-order valence-electron chi connectivity index (χ2n) is 8.03. The second kappa shape index (κ2) is 10.8. The molecule has 0 spiro atoms. The summed E-state index contributed by atoms with van der Waals surface area (Å²) in [5, 5.41) is 21.6. The highest BCUT2D eigenvalue weighted by atomic mass is 35.5. The van der Waals surface area contributed by atoms with Crippen LogP contribution in [0.15, 0.2) is 42.0 Å².